The third kappa shape index (κ3) is 4.86. The lowest BCUT2D eigenvalue weighted by Gasteiger charge is -2.39. The molecule has 21 heavy (non-hydrogen) atoms. The van der Waals surface area contributed by atoms with Crippen molar-refractivity contribution in [3.05, 3.63) is 60.7 Å². The lowest BCUT2D eigenvalue weighted by molar-refractivity contribution is 0.125. The van der Waals surface area contributed by atoms with Crippen LogP contribution < -0.4 is 0 Å². The molecule has 2 rings (SSSR count). The van der Waals surface area contributed by atoms with Crippen molar-refractivity contribution in [2.24, 2.45) is 0 Å². The molecule has 114 valence electrons. The maximum atomic E-state index is 3.84. The quantitative estimate of drug-likeness (QED) is 0.459. The van der Waals surface area contributed by atoms with Crippen LogP contribution in [-0.2, 0) is 6.54 Å². The molecule has 1 aliphatic rings. The van der Waals surface area contributed by atoms with Crippen LogP contribution in [0.15, 0.2) is 55.1 Å². The Hall–Kier alpha value is -1.34. The largest absolute Gasteiger partial charge is 0.289 e. The standard InChI is InChI=1S/C20H29N/c1-3-5-7-14-20-16-10-15-19(11-4-2)21(20)17-18-12-8-6-9-13-18/h3,6,8-10,12-13,16,19-20H,1,4-5,7,11,14-15,17H2,2H3/t19-,20+/m0/s1. The summed E-state index contributed by atoms with van der Waals surface area (Å²) in [6.07, 6.45) is 14.3. The highest BCUT2D eigenvalue weighted by Gasteiger charge is 2.26. The predicted molar refractivity (Wildman–Crippen MR) is 92.3 cm³/mol. The minimum Gasteiger partial charge on any atom is -0.289 e. The maximum absolute atomic E-state index is 3.84. The lowest BCUT2D eigenvalue weighted by atomic mass is 9.95. The summed E-state index contributed by atoms with van der Waals surface area (Å²) in [6, 6.07) is 12.2. The molecular formula is C20H29N. The highest BCUT2D eigenvalue weighted by molar-refractivity contribution is 5.16. The summed E-state index contributed by atoms with van der Waals surface area (Å²) in [6.45, 7) is 7.22. The van der Waals surface area contributed by atoms with E-state index in [0.717, 1.165) is 13.0 Å². The van der Waals surface area contributed by atoms with Crippen molar-refractivity contribution >= 4 is 0 Å². The fraction of sp³-hybridized carbons (Fsp3) is 0.500. The van der Waals surface area contributed by atoms with Crippen LogP contribution in [0.1, 0.15) is 51.0 Å². The molecule has 0 unspecified atom stereocenters. The Kier molecular flexibility index (Phi) is 6.75. The highest BCUT2D eigenvalue weighted by Crippen LogP contribution is 2.26. The van der Waals surface area contributed by atoms with Crippen LogP contribution in [0.5, 0.6) is 0 Å². The van der Waals surface area contributed by atoms with Gasteiger partial charge >= 0.3 is 0 Å². The van der Waals surface area contributed by atoms with Gasteiger partial charge in [0, 0.05) is 18.6 Å². The van der Waals surface area contributed by atoms with E-state index in [1.807, 2.05) is 6.08 Å². The zero-order valence-electron chi connectivity index (χ0n) is 13.4. The number of allylic oxidation sites excluding steroid dienone is 1. The fourth-order valence-electron chi connectivity index (χ4n) is 3.30. The summed E-state index contributed by atoms with van der Waals surface area (Å²) >= 11 is 0. The second-order valence-electron chi connectivity index (χ2n) is 6.05. The zero-order chi connectivity index (χ0) is 14.9. The molecule has 0 aromatic heterocycles. The molecule has 0 N–H and O–H groups in total. The Labute approximate surface area is 130 Å². The Balaban J connectivity index is 2.06. The first-order chi connectivity index (χ1) is 10.3. The van der Waals surface area contributed by atoms with Crippen LogP contribution in [0.4, 0.5) is 0 Å². The molecule has 0 radical (unpaired) electrons. The van der Waals surface area contributed by atoms with Gasteiger partial charge in [-0.15, -0.1) is 6.58 Å². The number of unbranched alkanes of at least 4 members (excludes halogenated alkanes) is 1. The molecular weight excluding hydrogens is 254 g/mol. The minimum atomic E-state index is 0.593. The molecule has 1 aliphatic heterocycles. The number of hydrogen-bond acceptors (Lipinski definition) is 1. The Morgan fingerprint density at radius 3 is 2.76 bits per heavy atom. The summed E-state index contributed by atoms with van der Waals surface area (Å²) in [5, 5.41) is 0. The topological polar surface area (TPSA) is 3.24 Å². The highest BCUT2D eigenvalue weighted by atomic mass is 15.2. The van der Waals surface area contributed by atoms with Crippen molar-refractivity contribution in [2.75, 3.05) is 0 Å². The van der Waals surface area contributed by atoms with Crippen LogP contribution in [0.3, 0.4) is 0 Å². The van der Waals surface area contributed by atoms with Gasteiger partial charge in [0.1, 0.15) is 0 Å². The number of benzene rings is 1. The van der Waals surface area contributed by atoms with Crippen molar-refractivity contribution in [1.82, 2.24) is 4.90 Å². The van der Waals surface area contributed by atoms with Crippen LogP contribution in [0.2, 0.25) is 0 Å². The minimum absolute atomic E-state index is 0.593. The van der Waals surface area contributed by atoms with Crippen molar-refractivity contribution in [2.45, 2.75) is 64.1 Å². The van der Waals surface area contributed by atoms with E-state index in [1.165, 1.54) is 37.7 Å². The molecule has 2 atom stereocenters. The van der Waals surface area contributed by atoms with Crippen LogP contribution in [0.25, 0.3) is 0 Å². The Morgan fingerprint density at radius 1 is 1.24 bits per heavy atom. The normalized spacial score (nSPS) is 22.3. The van der Waals surface area contributed by atoms with Gasteiger partial charge in [-0.3, -0.25) is 4.90 Å². The van der Waals surface area contributed by atoms with Crippen LogP contribution >= 0.6 is 0 Å². The summed E-state index contributed by atoms with van der Waals surface area (Å²) in [7, 11) is 0. The third-order valence-corrected chi connectivity index (χ3v) is 4.40. The van der Waals surface area contributed by atoms with Gasteiger partial charge in [-0.05, 0) is 37.7 Å². The number of rotatable bonds is 8. The summed E-state index contributed by atoms with van der Waals surface area (Å²) < 4.78 is 0. The van der Waals surface area contributed by atoms with Gasteiger partial charge < -0.3 is 0 Å². The Morgan fingerprint density at radius 2 is 2.05 bits per heavy atom. The van der Waals surface area contributed by atoms with E-state index in [-0.39, 0.29) is 0 Å². The molecule has 1 aromatic rings. The molecule has 0 spiro atoms. The van der Waals surface area contributed by atoms with Crippen LogP contribution in [0, 0.1) is 0 Å². The summed E-state index contributed by atoms with van der Waals surface area (Å²) in [4.78, 5) is 2.72. The molecule has 0 fully saturated rings. The molecule has 1 aromatic carbocycles. The summed E-state index contributed by atoms with van der Waals surface area (Å²) in [5.41, 5.74) is 1.43. The van der Waals surface area contributed by atoms with E-state index in [2.05, 4.69) is 60.9 Å². The second-order valence-corrected chi connectivity index (χ2v) is 6.05. The van der Waals surface area contributed by atoms with Gasteiger partial charge in [-0.2, -0.15) is 0 Å². The van der Waals surface area contributed by atoms with E-state index in [0.29, 0.717) is 12.1 Å². The third-order valence-electron chi connectivity index (χ3n) is 4.40. The average Bonchev–Trinajstić information content (AvgIpc) is 2.52. The van der Waals surface area contributed by atoms with Crippen molar-refractivity contribution in [3.63, 3.8) is 0 Å². The van der Waals surface area contributed by atoms with Crippen molar-refractivity contribution < 1.29 is 0 Å². The maximum Gasteiger partial charge on any atom is 0.0284 e. The SMILES string of the molecule is C=CCCC[C@@H]1C=CC[C@H](CCC)N1Cc1ccccc1. The van der Waals surface area contributed by atoms with Gasteiger partial charge in [0.05, 0.1) is 0 Å². The van der Waals surface area contributed by atoms with Crippen molar-refractivity contribution in [1.29, 1.82) is 0 Å². The zero-order valence-corrected chi connectivity index (χ0v) is 13.4. The van der Waals surface area contributed by atoms with E-state index in [4.69, 9.17) is 0 Å². The van der Waals surface area contributed by atoms with E-state index >= 15 is 0 Å². The van der Waals surface area contributed by atoms with Gasteiger partial charge in [0.2, 0.25) is 0 Å². The monoisotopic (exact) mass is 283 g/mol. The molecule has 0 bridgehead atoms. The predicted octanol–water partition coefficient (Wildman–Crippen LogP) is 5.34. The molecule has 0 amide bonds. The van der Waals surface area contributed by atoms with Crippen molar-refractivity contribution in [3.8, 4) is 0 Å². The summed E-state index contributed by atoms with van der Waals surface area (Å²) in [5.74, 6) is 0. The molecule has 1 heteroatoms. The molecule has 0 saturated heterocycles. The fourth-order valence-corrected chi connectivity index (χ4v) is 3.30. The van der Waals surface area contributed by atoms with Crippen LogP contribution in [-0.4, -0.2) is 17.0 Å². The van der Waals surface area contributed by atoms with Gasteiger partial charge in [0.25, 0.3) is 0 Å². The lowest BCUT2D eigenvalue weighted by Crippen LogP contribution is -2.43. The Bertz CT molecular complexity index is 434. The number of hydrogen-bond donors (Lipinski definition) is 0. The van der Waals surface area contributed by atoms with Gasteiger partial charge in [0.15, 0.2) is 0 Å². The first-order valence-corrected chi connectivity index (χ1v) is 8.42. The molecule has 1 nitrogen and oxygen atoms in total. The number of nitrogens with zero attached hydrogens (tertiary/aromatic N) is 1. The average molecular weight is 283 g/mol. The second kappa shape index (κ2) is 8.84. The molecule has 0 aliphatic carbocycles. The first kappa shape index (κ1) is 16.0. The molecule has 0 saturated carbocycles. The smallest absolute Gasteiger partial charge is 0.0284 e. The van der Waals surface area contributed by atoms with E-state index < -0.39 is 0 Å². The van der Waals surface area contributed by atoms with Gasteiger partial charge in [-0.1, -0.05) is 61.9 Å². The van der Waals surface area contributed by atoms with E-state index in [9.17, 15) is 0 Å². The first-order valence-electron chi connectivity index (χ1n) is 8.42. The van der Waals surface area contributed by atoms with Gasteiger partial charge in [-0.25, -0.2) is 0 Å². The van der Waals surface area contributed by atoms with E-state index in [1.54, 1.807) is 0 Å². The molecule has 1 heterocycles.